The monoisotopic (exact) mass is 382 g/mol. The van der Waals surface area contributed by atoms with E-state index < -0.39 is 5.97 Å². The number of para-hydroxylation sites is 1. The summed E-state index contributed by atoms with van der Waals surface area (Å²) in [5, 5.41) is 11.2. The summed E-state index contributed by atoms with van der Waals surface area (Å²) in [5.74, 6) is -0.991. The minimum Gasteiger partial charge on any atom is -0.464 e. The smallest absolute Gasteiger partial charge is 0.357 e. The molecule has 1 aliphatic rings. The minimum absolute atomic E-state index is 0.0129. The second-order valence-electron chi connectivity index (χ2n) is 6.53. The highest BCUT2D eigenvalue weighted by atomic mass is 16.5. The number of ether oxygens (including phenoxy) is 1. The third-order valence-corrected chi connectivity index (χ3v) is 4.71. The summed E-state index contributed by atoms with van der Waals surface area (Å²) in [6, 6.07) is 8.78. The van der Waals surface area contributed by atoms with Gasteiger partial charge in [-0.3, -0.25) is 10.2 Å². The van der Waals surface area contributed by atoms with Gasteiger partial charge in [-0.15, -0.1) is 0 Å². The molecule has 1 aromatic heterocycles. The largest absolute Gasteiger partial charge is 0.464 e. The lowest BCUT2D eigenvalue weighted by atomic mass is 10.1. The molecule has 0 radical (unpaired) electrons. The molecule has 28 heavy (non-hydrogen) atoms. The van der Waals surface area contributed by atoms with Crippen molar-refractivity contribution in [2.75, 3.05) is 46.1 Å². The van der Waals surface area contributed by atoms with Crippen molar-refractivity contribution in [1.29, 1.82) is 5.26 Å². The predicted octanol–water partition coefficient (Wildman–Crippen LogP) is 0.610. The molecular weight excluding hydrogens is 360 g/mol. The van der Waals surface area contributed by atoms with Crippen LogP contribution in [0.5, 0.6) is 0 Å². The van der Waals surface area contributed by atoms with Crippen molar-refractivity contribution < 1.29 is 14.3 Å². The van der Waals surface area contributed by atoms with E-state index in [1.54, 1.807) is 24.3 Å². The van der Waals surface area contributed by atoms with Gasteiger partial charge >= 0.3 is 5.97 Å². The van der Waals surface area contributed by atoms with Crippen LogP contribution in [-0.4, -0.2) is 66.7 Å². The summed E-state index contributed by atoms with van der Waals surface area (Å²) in [6.07, 6.45) is 1.43. The number of amides is 1. The SMILES string of the molecule is COC(=O)c1c(N)c(C#N)cn1-c1ccccc1C(=O)NN1CCN(C)CC1. The molecule has 1 aromatic carbocycles. The minimum atomic E-state index is -0.687. The van der Waals surface area contributed by atoms with Gasteiger partial charge in [0.2, 0.25) is 0 Å². The summed E-state index contributed by atoms with van der Waals surface area (Å²) in [6.45, 7) is 3.14. The van der Waals surface area contributed by atoms with Gasteiger partial charge in [-0.2, -0.15) is 5.26 Å². The first-order valence-corrected chi connectivity index (χ1v) is 8.79. The number of hydrogen-bond acceptors (Lipinski definition) is 7. The van der Waals surface area contributed by atoms with Crippen LogP contribution >= 0.6 is 0 Å². The summed E-state index contributed by atoms with van der Waals surface area (Å²) in [4.78, 5) is 27.3. The van der Waals surface area contributed by atoms with Gasteiger partial charge in [-0.25, -0.2) is 9.80 Å². The lowest BCUT2D eigenvalue weighted by molar-refractivity contribution is 0.0591. The molecule has 0 saturated carbocycles. The van der Waals surface area contributed by atoms with E-state index in [4.69, 9.17) is 10.5 Å². The number of esters is 1. The lowest BCUT2D eigenvalue weighted by Crippen LogP contribution is -2.52. The first kappa shape index (κ1) is 19.4. The van der Waals surface area contributed by atoms with Gasteiger partial charge in [-0.1, -0.05) is 12.1 Å². The Balaban J connectivity index is 1.98. The van der Waals surface area contributed by atoms with Gasteiger partial charge in [-0.05, 0) is 19.2 Å². The van der Waals surface area contributed by atoms with Gasteiger partial charge in [0.1, 0.15) is 6.07 Å². The number of nitrogens with two attached hydrogens (primary N) is 1. The zero-order valence-electron chi connectivity index (χ0n) is 15.8. The van der Waals surface area contributed by atoms with Crippen molar-refractivity contribution in [3.63, 3.8) is 0 Å². The van der Waals surface area contributed by atoms with Crippen LogP contribution in [0, 0.1) is 11.3 Å². The molecule has 1 amide bonds. The third kappa shape index (κ3) is 3.69. The Labute approximate surface area is 162 Å². The van der Waals surface area contributed by atoms with Gasteiger partial charge in [0, 0.05) is 32.4 Å². The quantitative estimate of drug-likeness (QED) is 0.744. The number of nitrogens with zero attached hydrogens (tertiary/aromatic N) is 4. The Morgan fingerprint density at radius 1 is 1.21 bits per heavy atom. The number of nitrogen functional groups attached to an aromatic ring is 1. The Hall–Kier alpha value is -3.35. The number of carbonyl (C=O) groups is 2. The second-order valence-corrected chi connectivity index (χ2v) is 6.53. The van der Waals surface area contributed by atoms with Gasteiger partial charge in [0.05, 0.1) is 29.6 Å². The number of benzene rings is 1. The Kier molecular flexibility index (Phi) is 5.63. The van der Waals surface area contributed by atoms with E-state index in [-0.39, 0.29) is 22.9 Å². The molecule has 146 valence electrons. The van der Waals surface area contributed by atoms with Crippen LogP contribution in [0.2, 0.25) is 0 Å². The van der Waals surface area contributed by atoms with Crippen molar-refractivity contribution in [1.82, 2.24) is 19.9 Å². The van der Waals surface area contributed by atoms with E-state index in [9.17, 15) is 14.9 Å². The Morgan fingerprint density at radius 3 is 2.54 bits per heavy atom. The zero-order valence-corrected chi connectivity index (χ0v) is 15.8. The average molecular weight is 382 g/mol. The lowest BCUT2D eigenvalue weighted by Gasteiger charge is -2.32. The van der Waals surface area contributed by atoms with E-state index in [1.165, 1.54) is 17.9 Å². The number of piperazine rings is 1. The standard InChI is InChI=1S/C19H22N6O3/c1-23-7-9-24(10-8-23)22-18(26)14-5-3-4-6-15(14)25-12-13(11-20)16(21)17(25)19(27)28-2/h3-6,12H,7-10,21H2,1-2H3,(H,22,26). The highest BCUT2D eigenvalue weighted by molar-refractivity contribution is 6.00. The molecule has 0 atom stereocenters. The van der Waals surface area contributed by atoms with Crippen LogP contribution in [-0.2, 0) is 4.74 Å². The number of methoxy groups -OCH3 is 1. The van der Waals surface area contributed by atoms with Gasteiger partial charge in [0.25, 0.3) is 5.91 Å². The topological polar surface area (TPSA) is 117 Å². The van der Waals surface area contributed by atoms with Crippen LogP contribution in [0.4, 0.5) is 5.69 Å². The first-order chi connectivity index (χ1) is 13.5. The predicted molar refractivity (Wildman–Crippen MR) is 103 cm³/mol. The summed E-state index contributed by atoms with van der Waals surface area (Å²) in [7, 11) is 3.27. The fourth-order valence-electron chi connectivity index (χ4n) is 3.10. The molecule has 0 bridgehead atoms. The summed E-state index contributed by atoms with van der Waals surface area (Å²) in [5.41, 5.74) is 9.82. The molecule has 2 aromatic rings. The van der Waals surface area contributed by atoms with Crippen LogP contribution < -0.4 is 11.2 Å². The highest BCUT2D eigenvalue weighted by Gasteiger charge is 2.25. The number of nitriles is 1. The van der Waals surface area contributed by atoms with E-state index >= 15 is 0 Å². The number of hydrazine groups is 1. The third-order valence-electron chi connectivity index (χ3n) is 4.71. The fraction of sp³-hybridized carbons (Fsp3) is 0.316. The number of anilines is 1. The van der Waals surface area contributed by atoms with Crippen molar-refractivity contribution in [3.05, 3.63) is 47.3 Å². The normalized spacial score (nSPS) is 15.0. The molecule has 1 fully saturated rings. The maximum Gasteiger partial charge on any atom is 0.357 e. The van der Waals surface area contributed by atoms with E-state index in [0.717, 1.165) is 13.1 Å². The van der Waals surface area contributed by atoms with Crippen molar-refractivity contribution >= 4 is 17.6 Å². The fourth-order valence-corrected chi connectivity index (χ4v) is 3.10. The van der Waals surface area contributed by atoms with Gasteiger partial charge < -0.3 is 19.9 Å². The first-order valence-electron chi connectivity index (χ1n) is 8.79. The number of rotatable bonds is 4. The van der Waals surface area contributed by atoms with Crippen LogP contribution in [0.15, 0.2) is 30.5 Å². The van der Waals surface area contributed by atoms with Crippen molar-refractivity contribution in [2.24, 2.45) is 0 Å². The zero-order chi connectivity index (χ0) is 20.3. The molecule has 0 unspecified atom stereocenters. The Morgan fingerprint density at radius 2 is 1.89 bits per heavy atom. The maximum absolute atomic E-state index is 12.9. The van der Waals surface area contributed by atoms with Crippen LogP contribution in [0.25, 0.3) is 5.69 Å². The second kappa shape index (κ2) is 8.12. The molecule has 0 spiro atoms. The van der Waals surface area contributed by atoms with E-state index in [1.807, 2.05) is 18.1 Å². The molecule has 0 aliphatic carbocycles. The van der Waals surface area contributed by atoms with Crippen LogP contribution in [0.1, 0.15) is 26.4 Å². The highest BCUT2D eigenvalue weighted by Crippen LogP contribution is 2.26. The van der Waals surface area contributed by atoms with Crippen LogP contribution in [0.3, 0.4) is 0 Å². The molecule has 1 aliphatic heterocycles. The molecule has 2 heterocycles. The molecule has 1 saturated heterocycles. The van der Waals surface area contributed by atoms with E-state index in [2.05, 4.69) is 10.3 Å². The number of carbonyl (C=O) groups excluding carboxylic acids is 2. The number of nitrogens with one attached hydrogen (secondary N) is 1. The van der Waals surface area contributed by atoms with E-state index in [0.29, 0.717) is 24.3 Å². The number of likely N-dealkylation sites (N-methyl/N-ethyl adjacent to an activating group) is 1. The molecule has 3 rings (SSSR count). The Bertz CT molecular complexity index is 938. The molecule has 9 heteroatoms. The molecule has 9 nitrogen and oxygen atoms in total. The summed E-state index contributed by atoms with van der Waals surface area (Å²) >= 11 is 0. The van der Waals surface area contributed by atoms with Crippen molar-refractivity contribution in [2.45, 2.75) is 0 Å². The number of hydrogen-bond donors (Lipinski definition) is 2. The average Bonchev–Trinajstić information content (AvgIpc) is 3.05. The molecule has 3 N–H and O–H groups in total. The molecular formula is C19H22N6O3. The summed E-state index contributed by atoms with van der Waals surface area (Å²) < 4.78 is 6.24. The van der Waals surface area contributed by atoms with Crippen molar-refractivity contribution in [3.8, 4) is 11.8 Å². The number of aromatic nitrogens is 1. The van der Waals surface area contributed by atoms with Gasteiger partial charge in [0.15, 0.2) is 5.69 Å². The maximum atomic E-state index is 12.9.